The van der Waals surface area contributed by atoms with Crippen LogP contribution in [0.3, 0.4) is 0 Å². The minimum atomic E-state index is -0.393. The summed E-state index contributed by atoms with van der Waals surface area (Å²) in [6.45, 7) is 0.115. The van der Waals surface area contributed by atoms with Crippen LogP contribution in [0.4, 0.5) is 15.8 Å². The van der Waals surface area contributed by atoms with E-state index in [1.54, 1.807) is 13.2 Å². The summed E-state index contributed by atoms with van der Waals surface area (Å²) in [5, 5.41) is 6.75. The van der Waals surface area contributed by atoms with Gasteiger partial charge in [-0.15, -0.1) is 0 Å². The molecule has 0 aliphatic carbocycles. The van der Waals surface area contributed by atoms with E-state index in [2.05, 4.69) is 10.6 Å². The van der Waals surface area contributed by atoms with Gasteiger partial charge in [-0.05, 0) is 60.0 Å². The first-order valence-corrected chi connectivity index (χ1v) is 10.1. The lowest BCUT2D eigenvalue weighted by molar-refractivity contribution is -0.116. The molecule has 0 aliphatic heterocycles. The minimum absolute atomic E-state index is 0.195. The van der Waals surface area contributed by atoms with Crippen LogP contribution < -0.4 is 20.9 Å². The third-order valence-corrected chi connectivity index (χ3v) is 5.06. The lowest BCUT2D eigenvalue weighted by Crippen LogP contribution is -2.30. The highest BCUT2D eigenvalue weighted by Crippen LogP contribution is 2.21. The van der Waals surface area contributed by atoms with E-state index in [1.807, 2.05) is 48.5 Å². The molecule has 0 fully saturated rings. The number of halogens is 1. The standard InChI is InChI=1S/C25H22FN3O3/c1-32-22-12-7-17-13-18(15-27-20-5-3-2-4-6-20)25(31)29(23(17)14-22)16-24(30)28-21-10-8-19(26)9-11-21/h2-14,27H,15-16H2,1H3,(H,28,30). The van der Waals surface area contributed by atoms with Crippen LogP contribution in [0.2, 0.25) is 0 Å². The topological polar surface area (TPSA) is 72.4 Å². The van der Waals surface area contributed by atoms with Gasteiger partial charge in [0.2, 0.25) is 5.91 Å². The third kappa shape index (κ3) is 4.78. The number of amides is 1. The molecule has 0 unspecified atom stereocenters. The average Bonchev–Trinajstić information content (AvgIpc) is 2.81. The van der Waals surface area contributed by atoms with Gasteiger partial charge in [0.1, 0.15) is 18.1 Å². The number of anilines is 2. The van der Waals surface area contributed by atoms with Gasteiger partial charge in [0.15, 0.2) is 0 Å². The molecule has 3 aromatic carbocycles. The number of aromatic nitrogens is 1. The molecule has 1 aromatic heterocycles. The number of ether oxygens (including phenoxy) is 1. The fraction of sp³-hybridized carbons (Fsp3) is 0.120. The Kier molecular flexibility index (Phi) is 6.17. The SMILES string of the molecule is COc1ccc2cc(CNc3ccccc3)c(=O)n(CC(=O)Nc3ccc(F)cc3)c2c1. The van der Waals surface area contributed by atoms with Crippen molar-refractivity contribution < 1.29 is 13.9 Å². The van der Waals surface area contributed by atoms with Gasteiger partial charge in [-0.3, -0.25) is 14.2 Å². The van der Waals surface area contributed by atoms with Crippen LogP contribution in [0.25, 0.3) is 10.9 Å². The first-order valence-electron chi connectivity index (χ1n) is 10.1. The lowest BCUT2D eigenvalue weighted by Gasteiger charge is -2.15. The summed E-state index contributed by atoms with van der Waals surface area (Å²) in [5.74, 6) is -0.202. The van der Waals surface area contributed by atoms with Crippen molar-refractivity contribution in [3.8, 4) is 5.75 Å². The molecule has 0 radical (unpaired) electrons. The van der Waals surface area contributed by atoms with Gasteiger partial charge in [-0.25, -0.2) is 4.39 Å². The van der Waals surface area contributed by atoms with Crippen molar-refractivity contribution in [3.63, 3.8) is 0 Å². The average molecular weight is 431 g/mol. The number of nitrogens with one attached hydrogen (secondary N) is 2. The molecule has 0 bridgehead atoms. The van der Waals surface area contributed by atoms with E-state index in [1.165, 1.54) is 28.8 Å². The Morgan fingerprint density at radius 1 is 0.969 bits per heavy atom. The molecule has 0 atom stereocenters. The molecule has 0 aliphatic rings. The second-order valence-electron chi connectivity index (χ2n) is 7.26. The summed E-state index contributed by atoms with van der Waals surface area (Å²) >= 11 is 0. The Balaban J connectivity index is 1.67. The summed E-state index contributed by atoms with van der Waals surface area (Å²) in [6, 6.07) is 22.3. The molecular weight excluding hydrogens is 409 g/mol. The maximum absolute atomic E-state index is 13.3. The molecule has 7 heteroatoms. The minimum Gasteiger partial charge on any atom is -0.497 e. The van der Waals surface area contributed by atoms with Gasteiger partial charge < -0.3 is 15.4 Å². The summed E-state index contributed by atoms with van der Waals surface area (Å²) in [6.07, 6.45) is 0. The van der Waals surface area contributed by atoms with Crippen LogP contribution in [0.5, 0.6) is 5.75 Å². The van der Waals surface area contributed by atoms with Crippen LogP contribution in [-0.2, 0) is 17.9 Å². The number of carbonyl (C=O) groups excluding carboxylic acids is 1. The first-order chi connectivity index (χ1) is 15.5. The van der Waals surface area contributed by atoms with E-state index in [9.17, 15) is 14.0 Å². The number of carbonyl (C=O) groups is 1. The number of hydrogen-bond donors (Lipinski definition) is 2. The number of nitrogens with zero attached hydrogens (tertiary/aromatic N) is 1. The molecule has 2 N–H and O–H groups in total. The van der Waals surface area contributed by atoms with Gasteiger partial charge in [0, 0.05) is 29.5 Å². The molecule has 162 valence electrons. The fourth-order valence-electron chi connectivity index (χ4n) is 3.45. The quantitative estimate of drug-likeness (QED) is 0.455. The highest BCUT2D eigenvalue weighted by atomic mass is 19.1. The maximum atomic E-state index is 13.3. The summed E-state index contributed by atoms with van der Waals surface area (Å²) in [7, 11) is 1.54. The second-order valence-corrected chi connectivity index (χ2v) is 7.26. The van der Waals surface area contributed by atoms with Crippen LogP contribution >= 0.6 is 0 Å². The molecule has 6 nitrogen and oxygen atoms in total. The first kappa shape index (κ1) is 21.1. The molecule has 1 amide bonds. The normalized spacial score (nSPS) is 10.7. The predicted octanol–water partition coefficient (Wildman–Crippen LogP) is 4.40. The molecule has 0 saturated heterocycles. The van der Waals surface area contributed by atoms with Crippen molar-refractivity contribution in [2.24, 2.45) is 0 Å². The van der Waals surface area contributed by atoms with Gasteiger partial charge >= 0.3 is 0 Å². The van der Waals surface area contributed by atoms with Crippen molar-refractivity contribution in [1.82, 2.24) is 4.57 Å². The Morgan fingerprint density at radius 3 is 2.44 bits per heavy atom. The maximum Gasteiger partial charge on any atom is 0.256 e. The smallest absolute Gasteiger partial charge is 0.256 e. The number of rotatable bonds is 7. The molecule has 1 heterocycles. The lowest BCUT2D eigenvalue weighted by atomic mass is 10.1. The van der Waals surface area contributed by atoms with Crippen LogP contribution in [-0.4, -0.2) is 17.6 Å². The highest BCUT2D eigenvalue weighted by Gasteiger charge is 2.14. The third-order valence-electron chi connectivity index (χ3n) is 5.06. The van der Waals surface area contributed by atoms with Crippen molar-refractivity contribution in [2.75, 3.05) is 17.7 Å². The number of benzene rings is 3. The second kappa shape index (κ2) is 9.34. The Morgan fingerprint density at radius 2 is 1.72 bits per heavy atom. The van der Waals surface area contributed by atoms with Crippen LogP contribution in [0.1, 0.15) is 5.56 Å². The Bertz CT molecular complexity index is 1300. The number of para-hydroxylation sites is 1. The summed E-state index contributed by atoms with van der Waals surface area (Å²) in [5.41, 5.74) is 2.19. The van der Waals surface area contributed by atoms with Crippen molar-refractivity contribution >= 4 is 28.2 Å². The molecule has 4 rings (SSSR count). The van der Waals surface area contributed by atoms with Crippen LogP contribution in [0, 0.1) is 5.82 Å². The van der Waals surface area contributed by atoms with Gasteiger partial charge in [0.05, 0.1) is 12.6 Å². The zero-order valence-corrected chi connectivity index (χ0v) is 17.5. The van der Waals surface area contributed by atoms with Gasteiger partial charge in [-0.1, -0.05) is 18.2 Å². The molecule has 4 aromatic rings. The highest BCUT2D eigenvalue weighted by molar-refractivity contribution is 5.92. The zero-order valence-electron chi connectivity index (χ0n) is 17.5. The molecular formula is C25H22FN3O3. The number of fused-ring (bicyclic) bond motifs is 1. The van der Waals surface area contributed by atoms with E-state index >= 15 is 0 Å². The summed E-state index contributed by atoms with van der Waals surface area (Å²) < 4.78 is 19.9. The van der Waals surface area contributed by atoms with Crippen molar-refractivity contribution in [2.45, 2.75) is 13.1 Å². The predicted molar refractivity (Wildman–Crippen MR) is 124 cm³/mol. The van der Waals surface area contributed by atoms with E-state index in [-0.39, 0.29) is 12.1 Å². The van der Waals surface area contributed by atoms with E-state index < -0.39 is 11.7 Å². The Labute approximate surface area is 184 Å². The molecule has 32 heavy (non-hydrogen) atoms. The van der Waals surface area contributed by atoms with E-state index in [4.69, 9.17) is 4.74 Å². The summed E-state index contributed by atoms with van der Waals surface area (Å²) in [4.78, 5) is 26.0. The van der Waals surface area contributed by atoms with E-state index in [0.29, 0.717) is 29.1 Å². The fourth-order valence-corrected chi connectivity index (χ4v) is 3.45. The monoisotopic (exact) mass is 431 g/mol. The van der Waals surface area contributed by atoms with Crippen molar-refractivity contribution in [3.05, 3.63) is 101 Å². The molecule has 0 saturated carbocycles. The number of hydrogen-bond acceptors (Lipinski definition) is 4. The van der Waals surface area contributed by atoms with Crippen LogP contribution in [0.15, 0.2) is 83.7 Å². The van der Waals surface area contributed by atoms with E-state index in [0.717, 1.165) is 11.1 Å². The van der Waals surface area contributed by atoms with Crippen molar-refractivity contribution in [1.29, 1.82) is 0 Å². The number of methoxy groups -OCH3 is 1. The zero-order chi connectivity index (χ0) is 22.5. The Hall–Kier alpha value is -4.13. The number of pyridine rings is 1. The largest absolute Gasteiger partial charge is 0.497 e. The van der Waals surface area contributed by atoms with Gasteiger partial charge in [-0.2, -0.15) is 0 Å². The molecule has 0 spiro atoms. The van der Waals surface area contributed by atoms with Gasteiger partial charge in [0.25, 0.3) is 5.56 Å².